The highest BCUT2D eigenvalue weighted by Gasteiger charge is 2.19. The predicted octanol–water partition coefficient (Wildman–Crippen LogP) is 1.04. The molecule has 78 valence electrons. The lowest BCUT2D eigenvalue weighted by Gasteiger charge is -1.98. The van der Waals surface area contributed by atoms with Gasteiger partial charge in [-0.1, -0.05) is 5.16 Å². The van der Waals surface area contributed by atoms with E-state index in [1.807, 2.05) is 0 Å². The first kappa shape index (κ1) is 9.60. The highest BCUT2D eigenvalue weighted by atomic mass is 16.7. The third-order valence-electron chi connectivity index (χ3n) is 2.06. The molecular formula is C9H8N2O4. The zero-order valence-electron chi connectivity index (χ0n) is 7.66. The van der Waals surface area contributed by atoms with Crippen molar-refractivity contribution in [3.63, 3.8) is 0 Å². The number of rotatable bonds is 2. The second-order valence-electron chi connectivity index (χ2n) is 3.11. The van der Waals surface area contributed by atoms with Gasteiger partial charge >= 0.3 is 0 Å². The van der Waals surface area contributed by atoms with Crippen molar-refractivity contribution < 1.29 is 14.9 Å². The van der Waals surface area contributed by atoms with Crippen molar-refractivity contribution in [2.24, 2.45) is 5.16 Å². The Morgan fingerprint density at radius 2 is 2.13 bits per heavy atom. The number of hydrogen-bond acceptors (Lipinski definition) is 5. The Balaban J connectivity index is 2.21. The van der Waals surface area contributed by atoms with Crippen LogP contribution >= 0.6 is 0 Å². The van der Waals surface area contributed by atoms with Gasteiger partial charge in [-0.3, -0.25) is 10.1 Å². The average Bonchev–Trinajstić information content (AvgIpc) is 2.65. The minimum absolute atomic E-state index is 0.0267. The number of nitro groups is 1. The van der Waals surface area contributed by atoms with Gasteiger partial charge in [-0.25, -0.2) is 0 Å². The van der Waals surface area contributed by atoms with E-state index in [9.17, 15) is 10.1 Å². The zero-order valence-corrected chi connectivity index (χ0v) is 7.66. The van der Waals surface area contributed by atoms with E-state index in [4.69, 9.17) is 5.11 Å². The molecule has 0 saturated carbocycles. The van der Waals surface area contributed by atoms with Crippen molar-refractivity contribution in [3.05, 3.63) is 39.9 Å². The lowest BCUT2D eigenvalue weighted by molar-refractivity contribution is -0.384. The molecule has 1 N–H and O–H groups in total. The number of aliphatic hydroxyl groups excluding tert-OH is 1. The Labute approximate surface area is 84.9 Å². The molecule has 1 aliphatic heterocycles. The van der Waals surface area contributed by atoms with E-state index in [0.29, 0.717) is 12.1 Å². The smallest absolute Gasteiger partial charge is 0.269 e. The topological polar surface area (TPSA) is 85.0 Å². The molecule has 0 saturated heterocycles. The monoisotopic (exact) mass is 208 g/mol. The molecule has 0 radical (unpaired) electrons. The summed E-state index contributed by atoms with van der Waals surface area (Å²) in [7, 11) is 0. The Morgan fingerprint density at radius 3 is 2.60 bits per heavy atom. The number of non-ortho nitro benzene ring substituents is 1. The van der Waals surface area contributed by atoms with E-state index in [2.05, 4.69) is 9.99 Å². The van der Waals surface area contributed by atoms with Gasteiger partial charge in [-0.15, -0.1) is 0 Å². The van der Waals surface area contributed by atoms with Crippen molar-refractivity contribution in [2.75, 3.05) is 0 Å². The van der Waals surface area contributed by atoms with Crippen LogP contribution in [0.2, 0.25) is 0 Å². The Bertz CT molecular complexity index is 413. The summed E-state index contributed by atoms with van der Waals surface area (Å²) in [6.07, 6.45) is -0.604. The Kier molecular flexibility index (Phi) is 2.34. The fourth-order valence-electron chi connectivity index (χ4n) is 1.31. The van der Waals surface area contributed by atoms with Crippen LogP contribution in [0.25, 0.3) is 0 Å². The second kappa shape index (κ2) is 3.66. The van der Waals surface area contributed by atoms with Gasteiger partial charge in [0.15, 0.2) is 0 Å². The van der Waals surface area contributed by atoms with Gasteiger partial charge in [0.05, 0.1) is 17.1 Å². The molecule has 0 spiro atoms. The summed E-state index contributed by atoms with van der Waals surface area (Å²) in [6.45, 7) is 0. The fraction of sp³-hybridized carbons (Fsp3) is 0.222. The molecular weight excluding hydrogens is 200 g/mol. The van der Waals surface area contributed by atoms with Gasteiger partial charge in [0.2, 0.25) is 6.29 Å². The SMILES string of the molecule is O=[N+]([O-])c1ccc(C2=NOC(O)C2)cc1. The molecule has 1 heterocycles. The van der Waals surface area contributed by atoms with E-state index >= 15 is 0 Å². The zero-order chi connectivity index (χ0) is 10.8. The molecule has 0 bridgehead atoms. The van der Waals surface area contributed by atoms with Crippen molar-refractivity contribution in [2.45, 2.75) is 12.7 Å². The van der Waals surface area contributed by atoms with Crippen LogP contribution in [0.3, 0.4) is 0 Å². The largest absolute Gasteiger partial charge is 0.363 e. The normalized spacial score (nSPS) is 19.5. The van der Waals surface area contributed by atoms with Crippen LogP contribution in [0.15, 0.2) is 29.4 Å². The molecule has 1 aromatic carbocycles. The summed E-state index contributed by atoms with van der Waals surface area (Å²) in [5.41, 5.74) is 1.34. The van der Waals surface area contributed by atoms with Crippen LogP contribution in [0.5, 0.6) is 0 Å². The number of oxime groups is 1. The summed E-state index contributed by atoms with van der Waals surface area (Å²) >= 11 is 0. The standard InChI is InChI=1S/C9H8N2O4/c12-9-5-8(10-15-9)6-1-3-7(4-2-6)11(13)14/h1-4,9,12H,5H2. The van der Waals surface area contributed by atoms with Gasteiger partial charge in [-0.2, -0.15) is 0 Å². The van der Waals surface area contributed by atoms with Crippen LogP contribution in [0.1, 0.15) is 12.0 Å². The lowest BCUT2D eigenvalue weighted by atomic mass is 10.1. The number of nitro benzene ring substituents is 1. The summed E-state index contributed by atoms with van der Waals surface area (Å²) in [6, 6.07) is 5.95. The summed E-state index contributed by atoms with van der Waals surface area (Å²) in [4.78, 5) is 14.5. The lowest BCUT2D eigenvalue weighted by Crippen LogP contribution is -2.06. The summed E-state index contributed by atoms with van der Waals surface area (Å²) < 4.78 is 0. The predicted molar refractivity (Wildman–Crippen MR) is 51.3 cm³/mol. The van der Waals surface area contributed by atoms with E-state index in [-0.39, 0.29) is 5.69 Å². The molecule has 0 fully saturated rings. The molecule has 1 unspecified atom stereocenters. The van der Waals surface area contributed by atoms with Crippen LogP contribution < -0.4 is 0 Å². The Morgan fingerprint density at radius 1 is 1.47 bits per heavy atom. The molecule has 1 aliphatic rings. The third kappa shape index (κ3) is 1.94. The number of benzene rings is 1. The minimum Gasteiger partial charge on any atom is -0.363 e. The third-order valence-corrected chi connectivity index (χ3v) is 2.06. The molecule has 6 heteroatoms. The molecule has 6 nitrogen and oxygen atoms in total. The fourth-order valence-corrected chi connectivity index (χ4v) is 1.31. The van der Waals surface area contributed by atoms with Crippen molar-refractivity contribution in [3.8, 4) is 0 Å². The van der Waals surface area contributed by atoms with Gasteiger partial charge < -0.3 is 9.94 Å². The molecule has 1 atom stereocenters. The molecule has 1 aromatic rings. The van der Waals surface area contributed by atoms with Gasteiger partial charge in [0.1, 0.15) is 0 Å². The van der Waals surface area contributed by atoms with E-state index < -0.39 is 11.2 Å². The molecule has 15 heavy (non-hydrogen) atoms. The average molecular weight is 208 g/mol. The molecule has 0 aromatic heterocycles. The first-order valence-corrected chi connectivity index (χ1v) is 4.32. The molecule has 0 aliphatic carbocycles. The maximum Gasteiger partial charge on any atom is 0.269 e. The number of hydrogen-bond donors (Lipinski definition) is 1. The minimum atomic E-state index is -0.907. The van der Waals surface area contributed by atoms with E-state index in [1.54, 1.807) is 12.1 Å². The first-order chi connectivity index (χ1) is 7.16. The van der Waals surface area contributed by atoms with Crippen molar-refractivity contribution >= 4 is 11.4 Å². The highest BCUT2D eigenvalue weighted by molar-refractivity contribution is 6.01. The van der Waals surface area contributed by atoms with Gasteiger partial charge in [0, 0.05) is 17.7 Å². The maximum absolute atomic E-state index is 10.4. The number of nitrogens with zero attached hydrogens (tertiary/aromatic N) is 2. The first-order valence-electron chi connectivity index (χ1n) is 4.32. The van der Waals surface area contributed by atoms with Crippen LogP contribution in [0, 0.1) is 10.1 Å². The van der Waals surface area contributed by atoms with Crippen LogP contribution in [-0.2, 0) is 4.84 Å². The van der Waals surface area contributed by atoms with Gasteiger partial charge in [-0.05, 0) is 12.1 Å². The Hall–Kier alpha value is -1.95. The summed E-state index contributed by atoms with van der Waals surface area (Å²) in [5.74, 6) is 0. The van der Waals surface area contributed by atoms with E-state index in [1.165, 1.54) is 12.1 Å². The highest BCUT2D eigenvalue weighted by Crippen LogP contribution is 2.17. The number of aliphatic hydroxyl groups is 1. The van der Waals surface area contributed by atoms with Gasteiger partial charge in [0.25, 0.3) is 5.69 Å². The molecule has 2 rings (SSSR count). The van der Waals surface area contributed by atoms with Crippen LogP contribution in [0.4, 0.5) is 5.69 Å². The molecule has 0 amide bonds. The van der Waals surface area contributed by atoms with Crippen molar-refractivity contribution in [1.82, 2.24) is 0 Å². The van der Waals surface area contributed by atoms with Crippen molar-refractivity contribution in [1.29, 1.82) is 0 Å². The van der Waals surface area contributed by atoms with E-state index in [0.717, 1.165) is 5.56 Å². The second-order valence-corrected chi connectivity index (χ2v) is 3.11. The maximum atomic E-state index is 10.4. The van der Waals surface area contributed by atoms with Crippen LogP contribution in [-0.4, -0.2) is 22.0 Å². The summed E-state index contributed by atoms with van der Waals surface area (Å²) in [5, 5.41) is 23.1. The quantitative estimate of drug-likeness (QED) is 0.581.